The quantitative estimate of drug-likeness (QED) is 0.238. The van der Waals surface area contributed by atoms with Gasteiger partial charge in [-0.3, -0.25) is 0 Å². The first kappa shape index (κ1) is 20.7. The molecule has 0 amide bonds. The van der Waals surface area contributed by atoms with Crippen LogP contribution in [0.1, 0.15) is 28.8 Å². The normalized spacial score (nSPS) is 15.5. The first-order valence-electron chi connectivity index (χ1n) is 9.28. The number of halogens is 1. The summed E-state index contributed by atoms with van der Waals surface area (Å²) in [5.74, 6) is 0.194. The van der Waals surface area contributed by atoms with Crippen molar-refractivity contribution >= 4 is 67.6 Å². The second kappa shape index (κ2) is 9.48. The summed E-state index contributed by atoms with van der Waals surface area (Å²) in [4.78, 5) is 20.2. The number of aromatic nitrogens is 2. The molecule has 3 aromatic rings. The summed E-state index contributed by atoms with van der Waals surface area (Å²) >= 11 is 10.3. The molecule has 0 aliphatic carbocycles. The van der Waals surface area contributed by atoms with E-state index in [1.165, 1.54) is 5.56 Å². The molecular weight excluding hydrogens is 601 g/mol. The maximum absolute atomic E-state index is 13.3. The van der Waals surface area contributed by atoms with E-state index in [0.717, 1.165) is 47.5 Å². The van der Waals surface area contributed by atoms with Gasteiger partial charge >= 0.3 is 170 Å². The summed E-state index contributed by atoms with van der Waals surface area (Å²) in [5.41, 5.74) is 2.85. The van der Waals surface area contributed by atoms with Crippen LogP contribution in [-0.2, 0) is 18.4 Å². The number of benzene rings is 1. The average Bonchev–Trinajstić information content (AvgIpc) is 3.12. The molecular formula is C20H19ClN3OPSTl+. The van der Waals surface area contributed by atoms with Crippen LogP contribution < -0.4 is 0 Å². The van der Waals surface area contributed by atoms with Crippen LogP contribution in [0.25, 0.3) is 11.0 Å². The summed E-state index contributed by atoms with van der Waals surface area (Å²) in [5, 5.41) is 1.35. The number of ketones is 1. The Morgan fingerprint density at radius 1 is 1.25 bits per heavy atom. The number of nitrogens with zero attached hydrogens (tertiary/aromatic N) is 3. The Morgan fingerprint density at radius 2 is 2.00 bits per heavy atom. The molecule has 28 heavy (non-hydrogen) atoms. The van der Waals surface area contributed by atoms with Gasteiger partial charge in [0.25, 0.3) is 0 Å². The van der Waals surface area contributed by atoms with E-state index < -0.39 is 23.4 Å². The molecule has 3 heterocycles. The van der Waals surface area contributed by atoms with Crippen LogP contribution in [-0.4, -0.2) is 54.5 Å². The third kappa shape index (κ3) is 4.43. The number of carbonyl (C=O) groups is 1. The summed E-state index contributed by atoms with van der Waals surface area (Å²) < 4.78 is 3.24. The van der Waals surface area contributed by atoms with Crippen LogP contribution >= 0.6 is 15.6 Å². The Labute approximate surface area is 187 Å². The van der Waals surface area contributed by atoms with Crippen molar-refractivity contribution in [3.05, 3.63) is 64.9 Å². The van der Waals surface area contributed by atoms with Crippen molar-refractivity contribution in [1.29, 1.82) is 0 Å². The van der Waals surface area contributed by atoms with Crippen molar-refractivity contribution in [3.8, 4) is 0 Å². The standard InChI is InChI=1S/C20H20ClN3O.PS.Tl/c21-17-12-23-20-16(6-9-22-20)18(17)19(25)15-7-10-24(11-8-15)13-14-4-2-1-3-5-14;1-2;/h1-6,9,12,15H,7-8,10-11,13H2,(H,22,23,25);;/q;-1;+3/p-1. The molecule has 0 spiro atoms. The Balaban J connectivity index is 1.51. The number of likely N-dealkylation sites (tertiary alicyclic amines) is 1. The van der Waals surface area contributed by atoms with Gasteiger partial charge in [0.1, 0.15) is 0 Å². The first-order chi connectivity index (χ1) is 13.7. The van der Waals surface area contributed by atoms with Gasteiger partial charge in [-0.25, -0.2) is 0 Å². The molecule has 0 N–H and O–H groups in total. The topological polar surface area (TPSA) is 38.1 Å². The number of rotatable bonds is 5. The Kier molecular flexibility index (Phi) is 6.99. The minimum absolute atomic E-state index is 0.0268. The van der Waals surface area contributed by atoms with Crippen LogP contribution in [0.4, 0.5) is 0 Å². The van der Waals surface area contributed by atoms with Gasteiger partial charge in [0.2, 0.25) is 0 Å². The number of carbonyl (C=O) groups excluding carboxylic acids is 1. The molecule has 1 aromatic carbocycles. The number of hydrogen-bond acceptors (Lipinski definition) is 4. The summed E-state index contributed by atoms with van der Waals surface area (Å²) in [6.07, 6.45) is 5.40. The molecule has 1 fully saturated rings. The molecule has 0 saturated carbocycles. The molecule has 0 unspecified atom stereocenters. The van der Waals surface area contributed by atoms with E-state index in [4.69, 9.17) is 23.4 Å². The van der Waals surface area contributed by atoms with E-state index in [1.54, 1.807) is 6.20 Å². The third-order valence-corrected chi connectivity index (χ3v) is 14.1. The van der Waals surface area contributed by atoms with Crippen LogP contribution in [0.3, 0.4) is 0 Å². The van der Waals surface area contributed by atoms with Crippen molar-refractivity contribution in [2.75, 3.05) is 13.1 Å². The molecule has 1 aliphatic rings. The fourth-order valence-electron chi connectivity index (χ4n) is 3.87. The van der Waals surface area contributed by atoms with Crippen molar-refractivity contribution in [2.24, 2.45) is 5.92 Å². The molecule has 2 aromatic heterocycles. The Bertz CT molecular complexity index is 1060. The van der Waals surface area contributed by atoms with Gasteiger partial charge in [0.15, 0.2) is 0 Å². The Morgan fingerprint density at radius 3 is 2.71 bits per heavy atom. The molecule has 1 saturated heterocycles. The van der Waals surface area contributed by atoms with Gasteiger partial charge < -0.3 is 0 Å². The molecule has 140 valence electrons. The van der Waals surface area contributed by atoms with E-state index in [2.05, 4.69) is 36.5 Å². The predicted octanol–water partition coefficient (Wildman–Crippen LogP) is 4.58. The van der Waals surface area contributed by atoms with E-state index in [0.29, 0.717) is 10.6 Å². The van der Waals surface area contributed by atoms with Gasteiger partial charge in [0, 0.05) is 0 Å². The second-order valence-corrected chi connectivity index (χ2v) is 20.8. The molecule has 4 nitrogen and oxygen atoms in total. The van der Waals surface area contributed by atoms with Crippen molar-refractivity contribution in [2.45, 2.75) is 19.4 Å². The van der Waals surface area contributed by atoms with Crippen LogP contribution in [0.5, 0.6) is 0 Å². The summed E-state index contributed by atoms with van der Waals surface area (Å²) in [7, 11) is 0. The zero-order valence-corrected chi connectivity index (χ0v) is 22.2. The SMILES string of the molecule is O=C(c1c(Cl)cnc2c1cc[n]2[Tl]=[P+]=S)C1CCN(Cc2ccccc2)CC1. The van der Waals surface area contributed by atoms with Crippen LogP contribution in [0.15, 0.2) is 48.8 Å². The monoisotopic (exact) mass is 620 g/mol. The van der Waals surface area contributed by atoms with Gasteiger partial charge in [-0.05, 0) is 0 Å². The summed E-state index contributed by atoms with van der Waals surface area (Å²) in [6.45, 7) is 2.81. The van der Waals surface area contributed by atoms with E-state index >= 15 is 0 Å². The molecule has 0 radical (unpaired) electrons. The van der Waals surface area contributed by atoms with Crippen LogP contribution in [0.2, 0.25) is 5.02 Å². The summed E-state index contributed by atoms with van der Waals surface area (Å²) in [6, 6.07) is 12.5. The van der Waals surface area contributed by atoms with Crippen molar-refractivity contribution in [1.82, 2.24) is 12.3 Å². The molecule has 1 aliphatic heterocycles. The predicted molar refractivity (Wildman–Crippen MR) is 119 cm³/mol. The van der Waals surface area contributed by atoms with Crippen LogP contribution in [0, 0.1) is 5.92 Å². The van der Waals surface area contributed by atoms with Crippen molar-refractivity contribution < 1.29 is 4.79 Å². The number of Topliss-reactive ketones (excluding diaryl/α,β-unsaturated/α-hetero) is 1. The fourth-order valence-corrected chi connectivity index (χ4v) is 11.6. The minimum atomic E-state index is -1.26. The van der Waals surface area contributed by atoms with E-state index in [-0.39, 0.29) is 11.7 Å². The zero-order chi connectivity index (χ0) is 19.5. The van der Waals surface area contributed by atoms with Gasteiger partial charge in [-0.2, -0.15) is 0 Å². The second-order valence-electron chi connectivity index (χ2n) is 7.06. The molecule has 0 atom stereocenters. The molecule has 0 bridgehead atoms. The molecule has 4 rings (SSSR count). The number of piperidine rings is 1. The average molecular weight is 620 g/mol. The van der Waals surface area contributed by atoms with Gasteiger partial charge in [0.05, 0.1) is 0 Å². The maximum atomic E-state index is 13.3. The first-order valence-corrected chi connectivity index (χ1v) is 19.7. The van der Waals surface area contributed by atoms with E-state index in [1.807, 2.05) is 18.3 Å². The van der Waals surface area contributed by atoms with Gasteiger partial charge in [-0.15, -0.1) is 0 Å². The fraction of sp³-hybridized carbons (Fsp3) is 0.300. The third-order valence-electron chi connectivity index (χ3n) is 5.32. The van der Waals surface area contributed by atoms with Crippen molar-refractivity contribution in [3.63, 3.8) is 0 Å². The van der Waals surface area contributed by atoms with Gasteiger partial charge in [-0.1, -0.05) is 18.2 Å². The number of fused-ring (bicyclic) bond motifs is 1. The Hall–Kier alpha value is -0.598. The molecule has 8 heteroatoms. The number of pyridine rings is 1. The zero-order valence-electron chi connectivity index (χ0n) is 15.3. The number of hydrogen-bond donors (Lipinski definition) is 0. The van der Waals surface area contributed by atoms with E-state index in [9.17, 15) is 4.79 Å².